The van der Waals surface area contributed by atoms with Gasteiger partial charge in [-0.1, -0.05) is 25.5 Å². The van der Waals surface area contributed by atoms with E-state index in [4.69, 9.17) is 4.55 Å². The molecule has 0 spiro atoms. The van der Waals surface area contributed by atoms with Gasteiger partial charge in [-0.3, -0.25) is 14.1 Å². The van der Waals surface area contributed by atoms with E-state index in [1.165, 1.54) is 0 Å². The first-order chi connectivity index (χ1) is 13.8. The average Bonchev–Trinajstić information content (AvgIpc) is 2.91. The van der Waals surface area contributed by atoms with Crippen LogP contribution in [0.15, 0.2) is 23.8 Å². The minimum Gasteiger partial charge on any atom is -0.393 e. The second kappa shape index (κ2) is 6.80. The van der Waals surface area contributed by atoms with Crippen molar-refractivity contribution < 1.29 is 37.0 Å². The van der Waals surface area contributed by atoms with Gasteiger partial charge in [0.2, 0.25) is 0 Å². The Morgan fingerprint density at radius 3 is 2.67 bits per heavy atom. The van der Waals surface area contributed by atoms with Crippen LogP contribution in [0.2, 0.25) is 0 Å². The van der Waals surface area contributed by atoms with Gasteiger partial charge >= 0.3 is 10.4 Å². The SMILES string of the molecule is C[C@]12C=CC(=O)C=C1CCC1C2[C@@H](O)C[C@@]2(C)C1CC[C@]2(O)C(=O)COS(=O)(=O)O. The zero-order valence-corrected chi connectivity index (χ0v) is 17.9. The van der Waals surface area contributed by atoms with Gasteiger partial charge in [-0.25, -0.2) is 4.18 Å². The quantitative estimate of drug-likeness (QED) is 0.558. The van der Waals surface area contributed by atoms with Crippen molar-refractivity contribution in [3.05, 3.63) is 23.8 Å². The van der Waals surface area contributed by atoms with Crippen LogP contribution < -0.4 is 0 Å². The van der Waals surface area contributed by atoms with Gasteiger partial charge in [-0.15, -0.1) is 0 Å². The summed E-state index contributed by atoms with van der Waals surface area (Å²) in [5.74, 6) is -0.984. The fraction of sp³-hybridized carbons (Fsp3) is 0.714. The molecule has 4 aliphatic carbocycles. The number of hydrogen-bond acceptors (Lipinski definition) is 7. The van der Waals surface area contributed by atoms with Crippen molar-refractivity contribution in [2.75, 3.05) is 6.61 Å². The monoisotopic (exact) mass is 440 g/mol. The lowest BCUT2D eigenvalue weighted by atomic mass is 9.46. The Bertz CT molecular complexity index is 952. The average molecular weight is 441 g/mol. The lowest BCUT2D eigenvalue weighted by Crippen LogP contribution is -2.61. The van der Waals surface area contributed by atoms with Crippen LogP contribution in [0.4, 0.5) is 0 Å². The molecule has 0 amide bonds. The molecule has 4 rings (SSSR count). The molecule has 0 aromatic carbocycles. The van der Waals surface area contributed by atoms with Crippen molar-refractivity contribution in [2.45, 2.75) is 57.7 Å². The van der Waals surface area contributed by atoms with Gasteiger partial charge in [0.1, 0.15) is 12.2 Å². The van der Waals surface area contributed by atoms with Crippen LogP contribution in [-0.2, 0) is 24.2 Å². The first-order valence-electron chi connectivity index (χ1n) is 10.3. The van der Waals surface area contributed by atoms with Crippen molar-refractivity contribution in [2.24, 2.45) is 28.6 Å². The minimum absolute atomic E-state index is 0.0445. The maximum absolute atomic E-state index is 12.8. The molecule has 0 radical (unpaired) electrons. The second-order valence-electron chi connectivity index (χ2n) is 9.72. The molecule has 30 heavy (non-hydrogen) atoms. The molecule has 0 bridgehead atoms. The molecule has 9 heteroatoms. The van der Waals surface area contributed by atoms with Gasteiger partial charge in [0.15, 0.2) is 11.6 Å². The summed E-state index contributed by atoms with van der Waals surface area (Å²) in [6.45, 7) is 2.87. The smallest absolute Gasteiger partial charge is 0.393 e. The maximum Gasteiger partial charge on any atom is 0.397 e. The molecule has 0 aromatic heterocycles. The highest BCUT2D eigenvalue weighted by Crippen LogP contribution is 2.67. The van der Waals surface area contributed by atoms with Gasteiger partial charge in [0.25, 0.3) is 0 Å². The molecule has 3 N–H and O–H groups in total. The molecule has 8 nitrogen and oxygen atoms in total. The van der Waals surface area contributed by atoms with Crippen LogP contribution >= 0.6 is 0 Å². The summed E-state index contributed by atoms with van der Waals surface area (Å²) in [6.07, 6.45) is 6.65. The van der Waals surface area contributed by atoms with E-state index in [0.29, 0.717) is 12.8 Å². The number of fused-ring (bicyclic) bond motifs is 5. The van der Waals surface area contributed by atoms with Gasteiger partial charge in [-0.05, 0) is 56.1 Å². The molecule has 4 aliphatic rings. The number of ketones is 2. The van der Waals surface area contributed by atoms with Crippen LogP contribution in [-0.4, -0.2) is 53.1 Å². The van der Waals surface area contributed by atoms with Gasteiger partial charge in [-0.2, -0.15) is 8.42 Å². The Morgan fingerprint density at radius 1 is 1.30 bits per heavy atom. The van der Waals surface area contributed by atoms with Crippen molar-refractivity contribution in [3.8, 4) is 0 Å². The Balaban J connectivity index is 1.66. The summed E-state index contributed by atoms with van der Waals surface area (Å²) in [4.78, 5) is 24.6. The zero-order valence-electron chi connectivity index (χ0n) is 17.1. The van der Waals surface area contributed by atoms with Crippen molar-refractivity contribution in [1.82, 2.24) is 0 Å². The Labute approximate surface area is 175 Å². The van der Waals surface area contributed by atoms with Crippen LogP contribution in [0.25, 0.3) is 0 Å². The van der Waals surface area contributed by atoms with Crippen molar-refractivity contribution in [3.63, 3.8) is 0 Å². The topological polar surface area (TPSA) is 138 Å². The lowest BCUT2D eigenvalue weighted by Gasteiger charge is -2.59. The molecule has 3 saturated carbocycles. The summed E-state index contributed by atoms with van der Waals surface area (Å²) in [7, 11) is -4.80. The van der Waals surface area contributed by atoms with E-state index in [-0.39, 0.29) is 36.4 Å². The number of hydrogen-bond donors (Lipinski definition) is 3. The van der Waals surface area contributed by atoms with Crippen LogP contribution in [0.5, 0.6) is 0 Å². The summed E-state index contributed by atoms with van der Waals surface area (Å²) in [5.41, 5.74) is -2.22. The first-order valence-corrected chi connectivity index (χ1v) is 11.7. The van der Waals surface area contributed by atoms with E-state index in [0.717, 1.165) is 12.0 Å². The molecule has 166 valence electrons. The first kappa shape index (κ1) is 21.8. The highest BCUT2D eigenvalue weighted by molar-refractivity contribution is 7.80. The molecule has 0 heterocycles. The van der Waals surface area contributed by atoms with E-state index >= 15 is 0 Å². The third-order valence-corrected chi connectivity index (χ3v) is 8.86. The van der Waals surface area contributed by atoms with E-state index < -0.39 is 45.3 Å². The number of carbonyl (C=O) groups is 2. The molecule has 0 aromatic rings. The lowest BCUT2D eigenvalue weighted by molar-refractivity contribution is -0.178. The predicted molar refractivity (Wildman–Crippen MR) is 105 cm³/mol. The summed E-state index contributed by atoms with van der Waals surface area (Å²) >= 11 is 0. The van der Waals surface area contributed by atoms with E-state index in [1.807, 2.05) is 13.0 Å². The summed E-state index contributed by atoms with van der Waals surface area (Å²) < 4.78 is 34.8. The van der Waals surface area contributed by atoms with E-state index in [1.54, 1.807) is 19.1 Å². The molecule has 7 atom stereocenters. The Hall–Kier alpha value is -1.39. The Morgan fingerprint density at radius 2 is 2.00 bits per heavy atom. The third kappa shape index (κ3) is 3.05. The third-order valence-electron chi connectivity index (χ3n) is 8.45. The highest BCUT2D eigenvalue weighted by Gasteiger charge is 2.68. The molecular formula is C21H28O8S. The Kier molecular flexibility index (Phi) is 4.95. The number of rotatable bonds is 4. The minimum atomic E-state index is -4.80. The summed E-state index contributed by atoms with van der Waals surface area (Å²) in [5, 5.41) is 22.6. The number of aliphatic hydroxyl groups is 2. The van der Waals surface area contributed by atoms with Crippen LogP contribution in [0.1, 0.15) is 46.0 Å². The van der Waals surface area contributed by atoms with Crippen LogP contribution in [0.3, 0.4) is 0 Å². The van der Waals surface area contributed by atoms with Crippen LogP contribution in [0, 0.1) is 28.6 Å². The number of allylic oxidation sites excluding steroid dienone is 4. The largest absolute Gasteiger partial charge is 0.397 e. The molecule has 3 unspecified atom stereocenters. The predicted octanol–water partition coefficient (Wildman–Crippen LogP) is 1.38. The molecule has 0 aliphatic heterocycles. The van der Waals surface area contributed by atoms with E-state index in [9.17, 15) is 28.2 Å². The number of Topliss-reactive ketones (excluding diaryl/α,β-unsaturated/α-hetero) is 1. The van der Waals surface area contributed by atoms with Gasteiger partial charge in [0, 0.05) is 16.7 Å². The van der Waals surface area contributed by atoms with E-state index in [2.05, 4.69) is 4.18 Å². The van der Waals surface area contributed by atoms with Crippen molar-refractivity contribution in [1.29, 1.82) is 0 Å². The molecule has 0 saturated heterocycles. The van der Waals surface area contributed by atoms with Crippen molar-refractivity contribution >= 4 is 22.0 Å². The molecular weight excluding hydrogens is 412 g/mol. The fourth-order valence-electron chi connectivity index (χ4n) is 7.04. The number of carbonyl (C=O) groups excluding carboxylic acids is 2. The van der Waals surface area contributed by atoms with Gasteiger partial charge < -0.3 is 10.2 Å². The maximum atomic E-state index is 12.8. The highest BCUT2D eigenvalue weighted by atomic mass is 32.3. The normalized spacial score (nSPS) is 45.4. The summed E-state index contributed by atoms with van der Waals surface area (Å²) in [6, 6.07) is 0. The number of aliphatic hydroxyl groups excluding tert-OH is 1. The fourth-order valence-corrected chi connectivity index (χ4v) is 7.29. The zero-order chi connectivity index (χ0) is 22.1. The standard InChI is InChI=1S/C21H28O8S/c1-19-7-5-13(22)9-12(19)3-4-14-15-6-8-21(25,17(24)11-29-30(26,27)28)20(15,2)10-16(23)18(14)19/h5,7,9,14-16,18,23,25H,3-4,6,8,10-11H2,1-2H3,(H,26,27,28)/t14?,15?,16-,18?,19-,20-,21-/m0/s1. The van der Waals surface area contributed by atoms with Gasteiger partial charge in [0.05, 0.1) is 6.10 Å². The second-order valence-corrected chi connectivity index (χ2v) is 10.8. The molecule has 3 fully saturated rings.